The second-order valence-electron chi connectivity index (χ2n) is 3.37. The van der Waals surface area contributed by atoms with E-state index in [9.17, 15) is 14.9 Å². The highest BCUT2D eigenvalue weighted by Crippen LogP contribution is 2.25. The third kappa shape index (κ3) is 3.46. The van der Waals surface area contributed by atoms with E-state index in [2.05, 4.69) is 16.8 Å². The number of aromatic nitrogens is 1. The fourth-order valence-corrected chi connectivity index (χ4v) is 1.58. The van der Waals surface area contributed by atoms with Crippen LogP contribution in [0.4, 0.5) is 11.5 Å². The molecule has 2 N–H and O–H groups in total. The summed E-state index contributed by atoms with van der Waals surface area (Å²) in [6.07, 6.45) is 1.39. The maximum absolute atomic E-state index is 10.8. The van der Waals surface area contributed by atoms with Crippen molar-refractivity contribution in [1.82, 2.24) is 4.98 Å². The SMILES string of the molecule is CC(=O)SCC#Cc1cnc(N)c([N+](=O)[O-])c1C. The van der Waals surface area contributed by atoms with Crippen LogP contribution >= 0.6 is 11.8 Å². The number of nitrogens with two attached hydrogens (primary N) is 1. The Balaban J connectivity index is 3.01. The van der Waals surface area contributed by atoms with Gasteiger partial charge in [-0.2, -0.15) is 0 Å². The van der Waals surface area contributed by atoms with E-state index in [4.69, 9.17) is 5.73 Å². The summed E-state index contributed by atoms with van der Waals surface area (Å²) in [6.45, 7) is 3.02. The van der Waals surface area contributed by atoms with Crippen LogP contribution in [0.5, 0.6) is 0 Å². The first kappa shape index (κ1) is 14.0. The molecule has 7 heteroatoms. The highest BCUT2D eigenvalue weighted by atomic mass is 32.2. The number of nitrogens with zero attached hydrogens (tertiary/aromatic N) is 2. The lowest BCUT2D eigenvalue weighted by molar-refractivity contribution is -0.384. The minimum atomic E-state index is -0.576. The summed E-state index contributed by atoms with van der Waals surface area (Å²) < 4.78 is 0. The van der Waals surface area contributed by atoms with E-state index in [-0.39, 0.29) is 16.6 Å². The summed E-state index contributed by atoms with van der Waals surface area (Å²) in [5, 5.41) is 10.8. The zero-order chi connectivity index (χ0) is 13.7. The van der Waals surface area contributed by atoms with Gasteiger partial charge < -0.3 is 5.73 Å². The minimum Gasteiger partial charge on any atom is -0.378 e. The second-order valence-corrected chi connectivity index (χ2v) is 4.52. The number of anilines is 1. The normalized spacial score (nSPS) is 9.44. The molecule has 0 saturated carbocycles. The number of thioether (sulfide) groups is 1. The standard InChI is InChI=1S/C11H11N3O3S/c1-7-9(4-3-5-18-8(2)15)6-13-11(12)10(7)14(16)17/h6H,5H2,1-2H3,(H2,12,13). The van der Waals surface area contributed by atoms with Crippen LogP contribution in [-0.4, -0.2) is 20.8 Å². The Labute approximate surface area is 108 Å². The quantitative estimate of drug-likeness (QED) is 0.494. The molecule has 0 radical (unpaired) electrons. The van der Waals surface area contributed by atoms with Crippen molar-refractivity contribution in [1.29, 1.82) is 0 Å². The third-order valence-electron chi connectivity index (χ3n) is 2.09. The van der Waals surface area contributed by atoms with Crippen LogP contribution in [0.2, 0.25) is 0 Å². The smallest absolute Gasteiger partial charge is 0.315 e. The molecule has 0 unspecified atom stereocenters. The Morgan fingerprint density at radius 1 is 1.67 bits per heavy atom. The van der Waals surface area contributed by atoms with Gasteiger partial charge in [-0.15, -0.1) is 0 Å². The largest absolute Gasteiger partial charge is 0.378 e. The molecule has 0 atom stereocenters. The molecule has 0 bridgehead atoms. The highest BCUT2D eigenvalue weighted by molar-refractivity contribution is 8.13. The van der Waals surface area contributed by atoms with Gasteiger partial charge in [-0.1, -0.05) is 23.6 Å². The molecule has 1 aromatic rings. The molecule has 1 heterocycles. The Morgan fingerprint density at radius 3 is 2.89 bits per heavy atom. The maximum Gasteiger partial charge on any atom is 0.315 e. The Morgan fingerprint density at radius 2 is 2.33 bits per heavy atom. The van der Waals surface area contributed by atoms with Gasteiger partial charge in [-0.05, 0) is 6.92 Å². The van der Waals surface area contributed by atoms with Gasteiger partial charge in [0.1, 0.15) is 0 Å². The van der Waals surface area contributed by atoms with Gasteiger partial charge >= 0.3 is 5.69 Å². The summed E-state index contributed by atoms with van der Waals surface area (Å²) in [7, 11) is 0. The molecule has 18 heavy (non-hydrogen) atoms. The van der Waals surface area contributed by atoms with Crippen molar-refractivity contribution in [2.45, 2.75) is 13.8 Å². The van der Waals surface area contributed by atoms with Crippen molar-refractivity contribution >= 4 is 28.4 Å². The average molecular weight is 265 g/mol. The van der Waals surface area contributed by atoms with E-state index in [1.165, 1.54) is 13.1 Å². The van der Waals surface area contributed by atoms with Gasteiger partial charge in [0.05, 0.1) is 16.2 Å². The van der Waals surface area contributed by atoms with Crippen LogP contribution in [0.3, 0.4) is 0 Å². The molecule has 0 aliphatic heterocycles. The number of nitrogen functional groups attached to an aromatic ring is 1. The predicted octanol–water partition coefficient (Wildman–Crippen LogP) is 1.51. The lowest BCUT2D eigenvalue weighted by atomic mass is 10.1. The maximum atomic E-state index is 10.8. The number of hydrogen-bond donors (Lipinski definition) is 1. The van der Waals surface area contributed by atoms with Crippen molar-refractivity contribution in [2.75, 3.05) is 11.5 Å². The molecular weight excluding hydrogens is 254 g/mol. The summed E-state index contributed by atoms with van der Waals surface area (Å²) in [5.41, 5.74) is 6.04. The molecule has 0 aliphatic carbocycles. The molecular formula is C11H11N3O3S. The van der Waals surface area contributed by atoms with Crippen molar-refractivity contribution in [3.05, 3.63) is 27.4 Å². The van der Waals surface area contributed by atoms with Crippen molar-refractivity contribution in [3.63, 3.8) is 0 Å². The number of nitro groups is 1. The molecule has 0 fully saturated rings. The lowest BCUT2D eigenvalue weighted by Gasteiger charge is -2.01. The van der Waals surface area contributed by atoms with E-state index in [0.717, 1.165) is 11.8 Å². The molecule has 6 nitrogen and oxygen atoms in total. The second kappa shape index (κ2) is 6.02. The molecule has 1 rings (SSSR count). The predicted molar refractivity (Wildman–Crippen MR) is 70.1 cm³/mol. The fourth-order valence-electron chi connectivity index (χ4n) is 1.24. The van der Waals surface area contributed by atoms with Crippen LogP contribution in [0.15, 0.2) is 6.20 Å². The molecule has 1 aromatic heterocycles. The third-order valence-corrected chi connectivity index (χ3v) is 2.78. The van der Waals surface area contributed by atoms with E-state index >= 15 is 0 Å². The number of carbonyl (C=O) groups excluding carboxylic acids is 1. The zero-order valence-corrected chi connectivity index (χ0v) is 10.7. The highest BCUT2D eigenvalue weighted by Gasteiger charge is 2.18. The van der Waals surface area contributed by atoms with E-state index < -0.39 is 4.92 Å². The number of rotatable bonds is 2. The van der Waals surface area contributed by atoms with Gasteiger partial charge in [-0.25, -0.2) is 4.98 Å². The summed E-state index contributed by atoms with van der Waals surface area (Å²) in [5.74, 6) is 5.71. The molecule has 0 aromatic carbocycles. The number of pyridine rings is 1. The molecule has 0 amide bonds. The van der Waals surface area contributed by atoms with E-state index in [0.29, 0.717) is 16.9 Å². The van der Waals surface area contributed by atoms with Crippen LogP contribution < -0.4 is 5.73 Å². The Hall–Kier alpha value is -2.07. The monoisotopic (exact) mass is 265 g/mol. The first-order valence-corrected chi connectivity index (χ1v) is 5.93. The van der Waals surface area contributed by atoms with Crippen LogP contribution in [0.1, 0.15) is 18.1 Å². The average Bonchev–Trinajstić information content (AvgIpc) is 2.26. The molecule has 94 valence electrons. The topological polar surface area (TPSA) is 99.1 Å². The molecule has 0 saturated heterocycles. The van der Waals surface area contributed by atoms with Crippen LogP contribution in [0.25, 0.3) is 0 Å². The van der Waals surface area contributed by atoms with E-state index in [1.54, 1.807) is 6.92 Å². The summed E-state index contributed by atoms with van der Waals surface area (Å²) >= 11 is 1.08. The molecule has 0 aliphatic rings. The number of carbonyl (C=O) groups is 1. The van der Waals surface area contributed by atoms with Crippen molar-refractivity contribution in [3.8, 4) is 11.8 Å². The lowest BCUT2D eigenvalue weighted by Crippen LogP contribution is -2.02. The Kier molecular flexibility index (Phi) is 4.68. The van der Waals surface area contributed by atoms with Gasteiger partial charge in [-0.3, -0.25) is 14.9 Å². The van der Waals surface area contributed by atoms with Gasteiger partial charge in [0.25, 0.3) is 0 Å². The molecule has 0 spiro atoms. The van der Waals surface area contributed by atoms with E-state index in [1.807, 2.05) is 0 Å². The van der Waals surface area contributed by atoms with Gasteiger partial charge in [0, 0.05) is 18.7 Å². The van der Waals surface area contributed by atoms with Crippen LogP contribution in [-0.2, 0) is 4.79 Å². The zero-order valence-electron chi connectivity index (χ0n) is 9.89. The summed E-state index contributed by atoms with van der Waals surface area (Å²) in [4.78, 5) is 24.6. The summed E-state index contributed by atoms with van der Waals surface area (Å²) in [6, 6.07) is 0. The van der Waals surface area contributed by atoms with Gasteiger partial charge in [0.2, 0.25) is 5.82 Å². The van der Waals surface area contributed by atoms with Crippen molar-refractivity contribution in [2.24, 2.45) is 0 Å². The fraction of sp³-hybridized carbons (Fsp3) is 0.273. The van der Waals surface area contributed by atoms with Crippen molar-refractivity contribution < 1.29 is 9.72 Å². The Bertz CT molecular complexity index is 561. The first-order valence-electron chi connectivity index (χ1n) is 4.95. The number of hydrogen-bond acceptors (Lipinski definition) is 6. The van der Waals surface area contributed by atoms with Crippen LogP contribution in [0, 0.1) is 28.9 Å². The minimum absolute atomic E-state index is 0.0255. The first-order chi connectivity index (χ1) is 8.43. The van der Waals surface area contributed by atoms with Gasteiger partial charge in [0.15, 0.2) is 5.12 Å².